The number of aromatic carboxylic acids is 1. The van der Waals surface area contributed by atoms with Gasteiger partial charge in [0.1, 0.15) is 5.82 Å². The van der Waals surface area contributed by atoms with Crippen LogP contribution in [0.5, 0.6) is 0 Å². The molecule has 110 valence electrons. The van der Waals surface area contributed by atoms with Crippen LogP contribution in [0.1, 0.15) is 22.0 Å². The maximum absolute atomic E-state index is 13.7. The van der Waals surface area contributed by atoms with Crippen LogP contribution in [0.2, 0.25) is 0 Å². The van der Waals surface area contributed by atoms with Gasteiger partial charge >= 0.3 is 5.97 Å². The Balaban J connectivity index is 2.30. The van der Waals surface area contributed by atoms with E-state index >= 15 is 0 Å². The molecule has 0 aromatic heterocycles. The molecule has 0 saturated heterocycles. The van der Waals surface area contributed by atoms with E-state index in [0.717, 1.165) is 17.7 Å². The molecule has 0 spiro atoms. The quantitative estimate of drug-likeness (QED) is 0.633. The van der Waals surface area contributed by atoms with E-state index in [1.165, 1.54) is 0 Å². The molecule has 0 aliphatic heterocycles. The lowest BCUT2D eigenvalue weighted by molar-refractivity contribution is 0.0692. The molecule has 2 rings (SSSR count). The molecule has 0 amide bonds. The molecular formula is C15H15FN2O3. The number of aliphatic hydroxyl groups excluding tert-OH is 1. The maximum atomic E-state index is 13.7. The van der Waals surface area contributed by atoms with Crippen molar-refractivity contribution in [3.05, 3.63) is 59.4 Å². The average molecular weight is 290 g/mol. The van der Waals surface area contributed by atoms with Gasteiger partial charge in [-0.2, -0.15) is 0 Å². The number of nitrogen functional groups attached to an aromatic ring is 1. The number of anilines is 2. The topological polar surface area (TPSA) is 95.6 Å². The van der Waals surface area contributed by atoms with Crippen LogP contribution in [0, 0.1) is 5.82 Å². The lowest BCUT2D eigenvalue weighted by Gasteiger charge is -2.19. The lowest BCUT2D eigenvalue weighted by Crippen LogP contribution is -2.16. The van der Waals surface area contributed by atoms with E-state index in [0.29, 0.717) is 0 Å². The molecule has 6 heteroatoms. The van der Waals surface area contributed by atoms with E-state index in [4.69, 9.17) is 10.8 Å². The number of hydrogen-bond donors (Lipinski definition) is 4. The van der Waals surface area contributed by atoms with Gasteiger partial charge in [-0.15, -0.1) is 0 Å². The molecule has 0 fully saturated rings. The highest BCUT2D eigenvalue weighted by atomic mass is 19.1. The molecule has 0 heterocycles. The minimum Gasteiger partial charge on any atom is -0.478 e. The Labute approximate surface area is 120 Å². The third-order valence-electron chi connectivity index (χ3n) is 3.08. The van der Waals surface area contributed by atoms with Crippen LogP contribution in [0.25, 0.3) is 0 Å². The van der Waals surface area contributed by atoms with E-state index in [-0.39, 0.29) is 18.0 Å². The number of hydrogen-bond acceptors (Lipinski definition) is 4. The molecule has 0 bridgehead atoms. The average Bonchev–Trinajstić information content (AvgIpc) is 2.48. The summed E-state index contributed by atoms with van der Waals surface area (Å²) in [7, 11) is 0. The lowest BCUT2D eigenvalue weighted by atomic mass is 10.1. The summed E-state index contributed by atoms with van der Waals surface area (Å²) in [5.41, 5.74) is 6.39. The first kappa shape index (κ1) is 14.8. The van der Waals surface area contributed by atoms with Gasteiger partial charge in [-0.25, -0.2) is 9.18 Å². The minimum atomic E-state index is -1.38. The number of carboxylic acids is 1. The Bertz CT molecular complexity index is 647. The summed E-state index contributed by atoms with van der Waals surface area (Å²) < 4.78 is 13.7. The monoisotopic (exact) mass is 290 g/mol. The highest BCUT2D eigenvalue weighted by molar-refractivity contribution is 5.90. The van der Waals surface area contributed by atoms with Crippen molar-refractivity contribution in [3.63, 3.8) is 0 Å². The first-order chi connectivity index (χ1) is 10.0. The SMILES string of the molecule is Nc1cc(C(=O)O)c(F)cc1NC(CO)c1ccccc1. The number of aliphatic hydroxyl groups is 1. The van der Waals surface area contributed by atoms with Crippen molar-refractivity contribution in [3.8, 4) is 0 Å². The standard InChI is InChI=1S/C15H15FN2O3/c16-11-7-13(12(17)6-10(11)15(20)21)18-14(8-19)9-4-2-1-3-5-9/h1-7,14,18-19H,8,17H2,(H,20,21). The highest BCUT2D eigenvalue weighted by Crippen LogP contribution is 2.27. The molecule has 5 N–H and O–H groups in total. The Morgan fingerprint density at radius 1 is 1.29 bits per heavy atom. The van der Waals surface area contributed by atoms with E-state index in [1.807, 2.05) is 30.3 Å². The summed E-state index contributed by atoms with van der Waals surface area (Å²) in [5.74, 6) is -2.27. The molecular weight excluding hydrogens is 275 g/mol. The van der Waals surface area contributed by atoms with Gasteiger partial charge in [0.25, 0.3) is 0 Å². The second-order valence-electron chi connectivity index (χ2n) is 4.51. The van der Waals surface area contributed by atoms with E-state index < -0.39 is 23.4 Å². The van der Waals surface area contributed by atoms with Gasteiger partial charge < -0.3 is 21.3 Å². The van der Waals surface area contributed by atoms with Crippen LogP contribution in [-0.2, 0) is 0 Å². The molecule has 0 aliphatic carbocycles. The van der Waals surface area contributed by atoms with Crippen molar-refractivity contribution in [1.82, 2.24) is 0 Å². The van der Waals surface area contributed by atoms with E-state index in [9.17, 15) is 14.3 Å². The van der Waals surface area contributed by atoms with Crippen molar-refractivity contribution in [1.29, 1.82) is 0 Å². The number of halogens is 1. The summed E-state index contributed by atoms with van der Waals surface area (Å²) in [4.78, 5) is 10.8. The van der Waals surface area contributed by atoms with Crippen LogP contribution in [0.4, 0.5) is 15.8 Å². The number of carboxylic acid groups (broad SMARTS) is 1. The Morgan fingerprint density at radius 3 is 2.52 bits per heavy atom. The number of nitrogens with one attached hydrogen (secondary N) is 1. The van der Waals surface area contributed by atoms with Gasteiger partial charge in [-0.3, -0.25) is 0 Å². The molecule has 2 aromatic rings. The van der Waals surface area contributed by atoms with Gasteiger partial charge in [0, 0.05) is 0 Å². The van der Waals surface area contributed by atoms with Crippen LogP contribution in [0.15, 0.2) is 42.5 Å². The first-order valence-corrected chi connectivity index (χ1v) is 6.27. The number of rotatable bonds is 5. The van der Waals surface area contributed by atoms with Crippen molar-refractivity contribution < 1.29 is 19.4 Å². The predicted molar refractivity (Wildman–Crippen MR) is 77.7 cm³/mol. The summed E-state index contributed by atoms with van der Waals surface area (Å²) in [6.07, 6.45) is 0. The summed E-state index contributed by atoms with van der Waals surface area (Å²) in [6.45, 7) is -0.217. The normalized spacial score (nSPS) is 11.9. The van der Waals surface area contributed by atoms with Gasteiger partial charge in [0.15, 0.2) is 0 Å². The Morgan fingerprint density at radius 2 is 1.95 bits per heavy atom. The fraction of sp³-hybridized carbons (Fsp3) is 0.133. The molecule has 21 heavy (non-hydrogen) atoms. The summed E-state index contributed by atoms with van der Waals surface area (Å²) >= 11 is 0. The van der Waals surface area contributed by atoms with Crippen LogP contribution < -0.4 is 11.1 Å². The van der Waals surface area contributed by atoms with Crippen LogP contribution in [0.3, 0.4) is 0 Å². The van der Waals surface area contributed by atoms with Gasteiger partial charge in [-0.05, 0) is 17.7 Å². The zero-order valence-electron chi connectivity index (χ0n) is 11.1. The maximum Gasteiger partial charge on any atom is 0.338 e. The predicted octanol–water partition coefficient (Wildman–Crippen LogP) is 2.25. The highest BCUT2D eigenvalue weighted by Gasteiger charge is 2.16. The molecule has 1 atom stereocenters. The Kier molecular flexibility index (Phi) is 4.39. The van der Waals surface area contributed by atoms with Crippen molar-refractivity contribution >= 4 is 17.3 Å². The smallest absolute Gasteiger partial charge is 0.338 e. The largest absolute Gasteiger partial charge is 0.478 e. The van der Waals surface area contributed by atoms with Gasteiger partial charge in [0.2, 0.25) is 0 Å². The number of benzene rings is 2. The fourth-order valence-electron chi connectivity index (χ4n) is 1.99. The first-order valence-electron chi connectivity index (χ1n) is 6.27. The second kappa shape index (κ2) is 6.23. The van der Waals surface area contributed by atoms with Gasteiger partial charge in [-0.1, -0.05) is 30.3 Å². The Hall–Kier alpha value is -2.60. The molecule has 2 aromatic carbocycles. The molecule has 0 saturated carbocycles. The van der Waals surface area contributed by atoms with E-state index in [1.54, 1.807) is 0 Å². The summed E-state index contributed by atoms with van der Waals surface area (Å²) in [6, 6.07) is 10.7. The third-order valence-corrected chi connectivity index (χ3v) is 3.08. The molecule has 0 aliphatic rings. The zero-order valence-corrected chi connectivity index (χ0v) is 11.1. The second-order valence-corrected chi connectivity index (χ2v) is 4.51. The fourth-order valence-corrected chi connectivity index (χ4v) is 1.99. The number of nitrogens with two attached hydrogens (primary N) is 1. The van der Waals surface area contributed by atoms with Crippen molar-refractivity contribution in [2.75, 3.05) is 17.7 Å². The zero-order chi connectivity index (χ0) is 15.4. The van der Waals surface area contributed by atoms with Crippen molar-refractivity contribution in [2.24, 2.45) is 0 Å². The third kappa shape index (κ3) is 3.29. The van der Waals surface area contributed by atoms with Crippen LogP contribution >= 0.6 is 0 Å². The van der Waals surface area contributed by atoms with Crippen molar-refractivity contribution in [2.45, 2.75) is 6.04 Å². The van der Waals surface area contributed by atoms with Crippen LogP contribution in [-0.4, -0.2) is 22.8 Å². The molecule has 1 unspecified atom stereocenters. The summed E-state index contributed by atoms with van der Waals surface area (Å²) in [5, 5.41) is 21.2. The molecule has 5 nitrogen and oxygen atoms in total. The van der Waals surface area contributed by atoms with Gasteiger partial charge in [0.05, 0.1) is 29.6 Å². The molecule has 0 radical (unpaired) electrons. The minimum absolute atomic E-state index is 0.100. The number of carbonyl (C=O) groups is 1. The van der Waals surface area contributed by atoms with E-state index in [2.05, 4.69) is 5.32 Å².